The second-order valence-electron chi connectivity index (χ2n) is 3.82. The van der Waals surface area contributed by atoms with Crippen molar-refractivity contribution < 1.29 is 4.42 Å². The van der Waals surface area contributed by atoms with E-state index in [0.717, 1.165) is 22.3 Å². The number of halogens is 2. The van der Waals surface area contributed by atoms with Crippen molar-refractivity contribution in [1.82, 2.24) is 4.98 Å². The molecule has 0 saturated carbocycles. The SMILES string of the molecule is CC(Cc1ccco1)Nc1cc(Br)cnc1Cl. The minimum atomic E-state index is 0.217. The minimum absolute atomic E-state index is 0.217. The lowest BCUT2D eigenvalue weighted by Crippen LogP contribution is -2.18. The van der Waals surface area contributed by atoms with Crippen LogP contribution in [0.1, 0.15) is 12.7 Å². The van der Waals surface area contributed by atoms with Gasteiger partial charge >= 0.3 is 0 Å². The Morgan fingerprint density at radius 3 is 3.12 bits per heavy atom. The Labute approximate surface area is 113 Å². The highest BCUT2D eigenvalue weighted by atomic mass is 79.9. The summed E-state index contributed by atoms with van der Waals surface area (Å²) in [4.78, 5) is 4.06. The van der Waals surface area contributed by atoms with Gasteiger partial charge in [-0.05, 0) is 41.1 Å². The highest BCUT2D eigenvalue weighted by molar-refractivity contribution is 9.10. The van der Waals surface area contributed by atoms with Crippen molar-refractivity contribution in [2.75, 3.05) is 5.32 Å². The van der Waals surface area contributed by atoms with Crippen molar-refractivity contribution in [3.05, 3.63) is 46.0 Å². The Bertz CT molecular complexity index is 487. The second kappa shape index (κ2) is 5.56. The van der Waals surface area contributed by atoms with E-state index >= 15 is 0 Å². The predicted molar refractivity (Wildman–Crippen MR) is 72.4 cm³/mol. The molecular weight excluding hydrogens is 304 g/mol. The normalized spacial score (nSPS) is 12.4. The van der Waals surface area contributed by atoms with E-state index in [4.69, 9.17) is 16.0 Å². The fourth-order valence-corrected chi connectivity index (χ4v) is 2.06. The van der Waals surface area contributed by atoms with Crippen LogP contribution in [0.5, 0.6) is 0 Å². The van der Waals surface area contributed by atoms with Crippen molar-refractivity contribution in [3.8, 4) is 0 Å². The molecular formula is C12H12BrClN2O. The molecule has 1 atom stereocenters. The van der Waals surface area contributed by atoms with E-state index in [0.29, 0.717) is 5.15 Å². The lowest BCUT2D eigenvalue weighted by molar-refractivity contribution is 0.498. The zero-order valence-electron chi connectivity index (χ0n) is 9.28. The van der Waals surface area contributed by atoms with Gasteiger partial charge in [0.15, 0.2) is 5.15 Å². The summed E-state index contributed by atoms with van der Waals surface area (Å²) in [6.07, 6.45) is 4.15. The molecule has 0 aliphatic rings. The Balaban J connectivity index is 2.02. The molecule has 2 aromatic heterocycles. The first kappa shape index (κ1) is 12.5. The molecule has 0 fully saturated rings. The maximum atomic E-state index is 6.00. The standard InChI is InChI=1S/C12H12BrClN2O/c1-8(5-10-3-2-4-17-10)16-11-6-9(13)7-15-12(11)14/h2-4,6-8,16H,5H2,1H3. The molecule has 2 heterocycles. The highest BCUT2D eigenvalue weighted by Crippen LogP contribution is 2.24. The summed E-state index contributed by atoms with van der Waals surface area (Å²) in [6, 6.07) is 5.97. The van der Waals surface area contributed by atoms with Gasteiger partial charge in [0.25, 0.3) is 0 Å². The Kier molecular flexibility index (Phi) is 4.07. The van der Waals surface area contributed by atoms with Crippen LogP contribution in [0.2, 0.25) is 5.15 Å². The number of nitrogens with zero attached hydrogens (tertiary/aromatic N) is 1. The molecule has 1 N–H and O–H groups in total. The Hall–Kier alpha value is -1.000. The molecule has 90 valence electrons. The van der Waals surface area contributed by atoms with Crippen LogP contribution in [-0.4, -0.2) is 11.0 Å². The van der Waals surface area contributed by atoms with Crippen molar-refractivity contribution in [1.29, 1.82) is 0 Å². The third-order valence-electron chi connectivity index (χ3n) is 2.30. The summed E-state index contributed by atoms with van der Waals surface area (Å²) in [5, 5.41) is 3.78. The lowest BCUT2D eigenvalue weighted by Gasteiger charge is -2.14. The zero-order valence-corrected chi connectivity index (χ0v) is 11.6. The molecule has 5 heteroatoms. The first-order valence-corrected chi connectivity index (χ1v) is 6.42. The number of pyridine rings is 1. The van der Waals surface area contributed by atoms with Gasteiger partial charge in [-0.2, -0.15) is 0 Å². The van der Waals surface area contributed by atoms with Crippen LogP contribution in [0.4, 0.5) is 5.69 Å². The maximum absolute atomic E-state index is 6.00. The molecule has 1 unspecified atom stereocenters. The van der Waals surface area contributed by atoms with E-state index in [1.54, 1.807) is 12.5 Å². The number of rotatable bonds is 4. The molecule has 0 radical (unpaired) electrons. The third kappa shape index (κ3) is 3.48. The second-order valence-corrected chi connectivity index (χ2v) is 5.09. The molecule has 17 heavy (non-hydrogen) atoms. The lowest BCUT2D eigenvalue weighted by atomic mass is 10.2. The molecule has 2 rings (SSSR count). The molecule has 0 aromatic carbocycles. The molecule has 0 amide bonds. The van der Waals surface area contributed by atoms with E-state index in [1.165, 1.54) is 0 Å². The third-order valence-corrected chi connectivity index (χ3v) is 3.03. The first-order chi connectivity index (χ1) is 8.15. The monoisotopic (exact) mass is 314 g/mol. The van der Waals surface area contributed by atoms with Crippen molar-refractivity contribution >= 4 is 33.2 Å². The predicted octanol–water partition coefficient (Wildman–Crippen LogP) is 4.13. The average molecular weight is 316 g/mol. The van der Waals surface area contributed by atoms with Gasteiger partial charge in [0.2, 0.25) is 0 Å². The smallest absolute Gasteiger partial charge is 0.152 e. The first-order valence-electron chi connectivity index (χ1n) is 5.25. The number of aromatic nitrogens is 1. The number of hydrogen-bond acceptors (Lipinski definition) is 3. The topological polar surface area (TPSA) is 38.1 Å². The van der Waals surface area contributed by atoms with Gasteiger partial charge in [0, 0.05) is 23.1 Å². The summed E-state index contributed by atoms with van der Waals surface area (Å²) < 4.78 is 6.20. The molecule has 2 aromatic rings. The van der Waals surface area contributed by atoms with Crippen molar-refractivity contribution in [2.45, 2.75) is 19.4 Å². The molecule has 3 nitrogen and oxygen atoms in total. The number of furan rings is 1. The Morgan fingerprint density at radius 1 is 1.59 bits per heavy atom. The van der Waals surface area contributed by atoms with E-state index in [9.17, 15) is 0 Å². The number of hydrogen-bond donors (Lipinski definition) is 1. The summed E-state index contributed by atoms with van der Waals surface area (Å²) in [5.41, 5.74) is 0.820. The summed E-state index contributed by atoms with van der Waals surface area (Å²) in [5.74, 6) is 0.948. The zero-order chi connectivity index (χ0) is 12.3. The molecule has 0 spiro atoms. The van der Waals surface area contributed by atoms with Crippen LogP contribution < -0.4 is 5.32 Å². The molecule has 0 bridgehead atoms. The fraction of sp³-hybridized carbons (Fsp3) is 0.250. The van der Waals surface area contributed by atoms with E-state index in [-0.39, 0.29) is 6.04 Å². The van der Waals surface area contributed by atoms with E-state index in [2.05, 4.69) is 33.2 Å². The number of anilines is 1. The van der Waals surface area contributed by atoms with Crippen LogP contribution >= 0.6 is 27.5 Å². The van der Waals surface area contributed by atoms with Crippen LogP contribution in [0.15, 0.2) is 39.5 Å². The van der Waals surface area contributed by atoms with E-state index < -0.39 is 0 Å². The molecule has 0 aliphatic heterocycles. The van der Waals surface area contributed by atoms with Gasteiger partial charge in [-0.1, -0.05) is 11.6 Å². The minimum Gasteiger partial charge on any atom is -0.469 e. The van der Waals surface area contributed by atoms with Crippen LogP contribution in [0, 0.1) is 0 Å². The maximum Gasteiger partial charge on any atom is 0.152 e. The molecule has 0 aliphatic carbocycles. The van der Waals surface area contributed by atoms with Gasteiger partial charge in [0.05, 0.1) is 12.0 Å². The highest BCUT2D eigenvalue weighted by Gasteiger charge is 2.09. The van der Waals surface area contributed by atoms with Gasteiger partial charge in [0.1, 0.15) is 5.76 Å². The molecule has 0 saturated heterocycles. The van der Waals surface area contributed by atoms with Crippen molar-refractivity contribution in [3.63, 3.8) is 0 Å². The van der Waals surface area contributed by atoms with Gasteiger partial charge in [-0.3, -0.25) is 0 Å². The van der Waals surface area contributed by atoms with Crippen LogP contribution in [0.3, 0.4) is 0 Å². The number of nitrogens with one attached hydrogen (secondary N) is 1. The van der Waals surface area contributed by atoms with E-state index in [1.807, 2.05) is 18.2 Å². The average Bonchev–Trinajstić information content (AvgIpc) is 2.76. The van der Waals surface area contributed by atoms with Crippen molar-refractivity contribution in [2.24, 2.45) is 0 Å². The fourth-order valence-electron chi connectivity index (χ4n) is 1.57. The van der Waals surface area contributed by atoms with Gasteiger partial charge in [-0.15, -0.1) is 0 Å². The van der Waals surface area contributed by atoms with Gasteiger partial charge in [-0.25, -0.2) is 4.98 Å². The quantitative estimate of drug-likeness (QED) is 0.862. The summed E-state index contributed by atoms with van der Waals surface area (Å²) in [6.45, 7) is 2.07. The van der Waals surface area contributed by atoms with Crippen LogP contribution in [0.25, 0.3) is 0 Å². The summed E-state index contributed by atoms with van der Waals surface area (Å²) in [7, 11) is 0. The summed E-state index contributed by atoms with van der Waals surface area (Å²) >= 11 is 9.37. The van der Waals surface area contributed by atoms with Crippen LogP contribution in [-0.2, 0) is 6.42 Å². The van der Waals surface area contributed by atoms with Gasteiger partial charge < -0.3 is 9.73 Å². The largest absolute Gasteiger partial charge is 0.469 e. The Morgan fingerprint density at radius 2 is 2.41 bits per heavy atom.